The van der Waals surface area contributed by atoms with Crippen molar-refractivity contribution >= 4 is 17.4 Å². The number of carbonyl (C=O) groups is 1. The van der Waals surface area contributed by atoms with Gasteiger partial charge in [-0.15, -0.1) is 0 Å². The Labute approximate surface area is 91.0 Å². The third-order valence-corrected chi connectivity index (χ3v) is 2.13. The van der Waals surface area contributed by atoms with Crippen LogP contribution in [0.25, 0.3) is 0 Å². The van der Waals surface area contributed by atoms with Gasteiger partial charge >= 0.3 is 0 Å². The van der Waals surface area contributed by atoms with Gasteiger partial charge in [-0.05, 0) is 6.42 Å². The van der Waals surface area contributed by atoms with Crippen molar-refractivity contribution < 1.29 is 9.32 Å². The summed E-state index contributed by atoms with van der Waals surface area (Å²) in [6, 6.07) is 1.53. The molecule has 0 aliphatic carbocycles. The van der Waals surface area contributed by atoms with Gasteiger partial charge in [-0.1, -0.05) is 12.1 Å². The zero-order valence-corrected chi connectivity index (χ0v) is 8.65. The van der Waals surface area contributed by atoms with Gasteiger partial charge in [0.1, 0.15) is 6.26 Å². The highest BCUT2D eigenvalue weighted by Gasteiger charge is 2.17. The van der Waals surface area contributed by atoms with Crippen molar-refractivity contribution in [2.24, 2.45) is 0 Å². The summed E-state index contributed by atoms with van der Waals surface area (Å²) in [4.78, 5) is 11.7. The second-order valence-corrected chi connectivity index (χ2v) is 3.16. The maximum atomic E-state index is 11.7. The molecule has 0 unspecified atom stereocenters. The van der Waals surface area contributed by atoms with Crippen molar-refractivity contribution in [1.82, 2.24) is 15.4 Å². The Hall–Kier alpha value is -2.31. The van der Waals surface area contributed by atoms with Crippen LogP contribution in [0.15, 0.2) is 16.9 Å². The van der Waals surface area contributed by atoms with Gasteiger partial charge < -0.3 is 15.6 Å². The number of nitrogen functional groups attached to an aromatic ring is 1. The smallest absolute Gasteiger partial charge is 0.279 e. The van der Waals surface area contributed by atoms with Crippen LogP contribution < -0.4 is 11.1 Å². The summed E-state index contributed by atoms with van der Waals surface area (Å²) in [6.07, 6.45) is 2.05. The Kier molecular flexibility index (Phi) is 2.59. The van der Waals surface area contributed by atoms with Crippen LogP contribution in [-0.2, 0) is 6.42 Å². The normalized spacial score (nSPS) is 10.3. The summed E-state index contributed by atoms with van der Waals surface area (Å²) >= 11 is 0. The van der Waals surface area contributed by atoms with E-state index in [4.69, 9.17) is 5.73 Å². The summed E-state index contributed by atoms with van der Waals surface area (Å²) < 4.78 is 4.58. The Morgan fingerprint density at radius 1 is 1.69 bits per heavy atom. The zero-order valence-electron chi connectivity index (χ0n) is 8.65. The third-order valence-electron chi connectivity index (χ3n) is 2.13. The molecule has 4 N–H and O–H groups in total. The minimum atomic E-state index is -0.414. The maximum Gasteiger partial charge on any atom is 0.279 e. The third kappa shape index (κ3) is 1.74. The first kappa shape index (κ1) is 10.2. The molecular weight excluding hydrogens is 210 g/mol. The predicted molar refractivity (Wildman–Crippen MR) is 56.8 cm³/mol. The van der Waals surface area contributed by atoms with Crippen LogP contribution in [0.5, 0.6) is 0 Å². The molecule has 7 nitrogen and oxygen atoms in total. The number of H-pyrrole nitrogens is 1. The fraction of sp³-hybridized carbons (Fsp3) is 0.222. The van der Waals surface area contributed by atoms with E-state index in [9.17, 15) is 4.79 Å². The number of rotatable bonds is 3. The van der Waals surface area contributed by atoms with Crippen LogP contribution in [0.1, 0.15) is 23.1 Å². The van der Waals surface area contributed by atoms with Crippen molar-refractivity contribution in [3.05, 3.63) is 23.7 Å². The van der Waals surface area contributed by atoms with E-state index in [1.54, 1.807) is 0 Å². The van der Waals surface area contributed by atoms with E-state index in [2.05, 4.69) is 25.2 Å². The lowest BCUT2D eigenvalue weighted by Crippen LogP contribution is -2.14. The Bertz CT molecular complexity index is 488. The lowest BCUT2D eigenvalue weighted by molar-refractivity contribution is 0.102. The second-order valence-electron chi connectivity index (χ2n) is 3.16. The number of hydrogen-bond donors (Lipinski definition) is 3. The molecule has 2 rings (SSSR count). The van der Waals surface area contributed by atoms with Gasteiger partial charge in [0.15, 0.2) is 11.5 Å². The Morgan fingerprint density at radius 2 is 2.50 bits per heavy atom. The number of aromatic nitrogens is 3. The molecule has 0 aromatic carbocycles. The highest BCUT2D eigenvalue weighted by atomic mass is 16.5. The molecule has 2 heterocycles. The van der Waals surface area contributed by atoms with Crippen LogP contribution in [0.4, 0.5) is 11.5 Å². The summed E-state index contributed by atoms with van der Waals surface area (Å²) in [5, 5.41) is 12.6. The molecule has 0 aliphatic heterocycles. The first-order valence-electron chi connectivity index (χ1n) is 4.76. The molecule has 1 amide bonds. The summed E-state index contributed by atoms with van der Waals surface area (Å²) in [7, 11) is 0. The van der Waals surface area contributed by atoms with E-state index in [-0.39, 0.29) is 5.69 Å². The molecule has 0 spiro atoms. The molecule has 0 bridgehead atoms. The zero-order chi connectivity index (χ0) is 11.5. The number of anilines is 2. The van der Waals surface area contributed by atoms with Gasteiger partial charge in [0, 0.05) is 6.07 Å². The minimum absolute atomic E-state index is 0.167. The first-order valence-corrected chi connectivity index (χ1v) is 4.76. The molecule has 0 aliphatic rings. The molecule has 0 atom stereocenters. The van der Waals surface area contributed by atoms with Crippen molar-refractivity contribution in [3.63, 3.8) is 0 Å². The molecule has 0 saturated heterocycles. The van der Waals surface area contributed by atoms with Gasteiger partial charge in [-0.2, -0.15) is 5.10 Å². The van der Waals surface area contributed by atoms with Gasteiger partial charge in [0.05, 0.1) is 11.4 Å². The average Bonchev–Trinajstić information content (AvgIpc) is 2.87. The number of nitrogens with one attached hydrogen (secondary N) is 2. The quantitative estimate of drug-likeness (QED) is 0.709. The summed E-state index contributed by atoms with van der Waals surface area (Å²) in [5.41, 5.74) is 7.02. The molecule has 2 aromatic rings. The SMILES string of the molecule is CCc1[nH]nc(C(=O)Nc2ccon2)c1N. The predicted octanol–water partition coefficient (Wildman–Crippen LogP) is 0.795. The molecule has 2 aromatic heterocycles. The van der Waals surface area contributed by atoms with Crippen molar-refractivity contribution in [2.45, 2.75) is 13.3 Å². The highest BCUT2D eigenvalue weighted by molar-refractivity contribution is 6.06. The van der Waals surface area contributed by atoms with E-state index >= 15 is 0 Å². The topological polar surface area (TPSA) is 110 Å². The van der Waals surface area contributed by atoms with Crippen molar-refractivity contribution in [1.29, 1.82) is 0 Å². The second kappa shape index (κ2) is 4.05. The monoisotopic (exact) mass is 221 g/mol. The van der Waals surface area contributed by atoms with E-state index in [1.165, 1.54) is 12.3 Å². The number of carbonyl (C=O) groups excluding carboxylic acids is 1. The van der Waals surface area contributed by atoms with Crippen LogP contribution >= 0.6 is 0 Å². The number of aryl methyl sites for hydroxylation is 1. The molecule has 7 heteroatoms. The molecule has 84 valence electrons. The van der Waals surface area contributed by atoms with Gasteiger partial charge in [-0.3, -0.25) is 9.89 Å². The average molecular weight is 221 g/mol. The fourth-order valence-corrected chi connectivity index (χ4v) is 1.28. The Morgan fingerprint density at radius 3 is 3.06 bits per heavy atom. The highest BCUT2D eigenvalue weighted by Crippen LogP contribution is 2.15. The van der Waals surface area contributed by atoms with Crippen LogP contribution in [0, 0.1) is 0 Å². The van der Waals surface area contributed by atoms with Crippen molar-refractivity contribution in [2.75, 3.05) is 11.1 Å². The number of hydrogen-bond acceptors (Lipinski definition) is 5. The van der Waals surface area contributed by atoms with Crippen LogP contribution in [0.2, 0.25) is 0 Å². The molecule has 0 fully saturated rings. The fourth-order valence-electron chi connectivity index (χ4n) is 1.28. The molecular formula is C9H11N5O2. The first-order chi connectivity index (χ1) is 7.72. The number of nitrogens with two attached hydrogens (primary N) is 1. The van der Waals surface area contributed by atoms with Crippen LogP contribution in [0.3, 0.4) is 0 Å². The van der Waals surface area contributed by atoms with Crippen molar-refractivity contribution in [3.8, 4) is 0 Å². The largest absolute Gasteiger partial charge is 0.395 e. The van der Waals surface area contributed by atoms with Gasteiger partial charge in [0.2, 0.25) is 0 Å². The number of nitrogens with zero attached hydrogens (tertiary/aromatic N) is 2. The lowest BCUT2D eigenvalue weighted by Gasteiger charge is -1.98. The maximum absolute atomic E-state index is 11.7. The van der Waals surface area contributed by atoms with E-state index in [1.807, 2.05) is 6.92 Å². The van der Waals surface area contributed by atoms with Gasteiger partial charge in [0.25, 0.3) is 5.91 Å². The number of amides is 1. The van der Waals surface area contributed by atoms with E-state index in [0.717, 1.165) is 5.69 Å². The van der Waals surface area contributed by atoms with Gasteiger partial charge in [-0.25, -0.2) is 0 Å². The summed E-state index contributed by atoms with van der Waals surface area (Å²) in [6.45, 7) is 1.92. The molecule has 0 radical (unpaired) electrons. The van der Waals surface area contributed by atoms with Crippen LogP contribution in [-0.4, -0.2) is 21.3 Å². The minimum Gasteiger partial charge on any atom is -0.395 e. The summed E-state index contributed by atoms with van der Waals surface area (Å²) in [5.74, 6) is -0.0900. The number of aromatic amines is 1. The molecule has 16 heavy (non-hydrogen) atoms. The molecule has 0 saturated carbocycles. The van der Waals surface area contributed by atoms with E-state index < -0.39 is 5.91 Å². The lowest BCUT2D eigenvalue weighted by atomic mass is 10.2. The standard InChI is InChI=1S/C9H11N5O2/c1-2-5-7(10)8(13-12-5)9(15)11-6-3-4-16-14-6/h3-4H,2,10H2,1H3,(H,12,13)(H,11,14,15). The Balaban J connectivity index is 2.18. The van der Waals surface area contributed by atoms with E-state index in [0.29, 0.717) is 17.9 Å².